The van der Waals surface area contributed by atoms with Crippen LogP contribution >= 0.6 is 0 Å². The molecule has 15 heavy (non-hydrogen) atoms. The number of nitrogens with one attached hydrogen (secondary N) is 1. The third kappa shape index (κ3) is 8.16. The Morgan fingerprint density at radius 1 is 1.33 bits per heavy atom. The molecule has 0 aliphatic heterocycles. The number of hydrogen-bond acceptors (Lipinski definition) is 3. The molecular weight excluding hydrogens is 190 g/mol. The van der Waals surface area contributed by atoms with Crippen molar-refractivity contribution in [2.24, 2.45) is 0 Å². The van der Waals surface area contributed by atoms with Crippen LogP contribution in [0.1, 0.15) is 59.3 Å². The van der Waals surface area contributed by atoms with Gasteiger partial charge in [0.25, 0.3) is 0 Å². The summed E-state index contributed by atoms with van der Waals surface area (Å²) in [6, 6.07) is 0. The molecule has 0 saturated heterocycles. The summed E-state index contributed by atoms with van der Waals surface area (Å²) in [5.74, 6) is -0.100. The Hall–Kier alpha value is -0.860. The molecule has 0 heterocycles. The van der Waals surface area contributed by atoms with Crippen LogP contribution in [-0.4, -0.2) is 17.8 Å². The minimum Gasteiger partial charge on any atom is -0.460 e. The lowest BCUT2D eigenvalue weighted by Gasteiger charge is -2.23. The fourth-order valence-corrected chi connectivity index (χ4v) is 1.12. The molecule has 0 atom stereocenters. The summed E-state index contributed by atoms with van der Waals surface area (Å²) >= 11 is 0. The van der Waals surface area contributed by atoms with Gasteiger partial charge in [0.1, 0.15) is 5.60 Å². The van der Waals surface area contributed by atoms with E-state index in [2.05, 4.69) is 0 Å². The fraction of sp³-hybridized carbons (Fsp3) is 0.833. The van der Waals surface area contributed by atoms with Crippen molar-refractivity contribution in [3.05, 3.63) is 0 Å². The van der Waals surface area contributed by atoms with Crippen molar-refractivity contribution in [2.75, 3.05) is 0 Å². The van der Waals surface area contributed by atoms with Crippen molar-refractivity contribution >= 4 is 12.2 Å². The van der Waals surface area contributed by atoms with Gasteiger partial charge < -0.3 is 10.1 Å². The Morgan fingerprint density at radius 2 is 2.00 bits per heavy atom. The molecule has 0 aromatic heterocycles. The predicted molar refractivity (Wildman–Crippen MR) is 62.3 cm³/mol. The number of esters is 1. The topological polar surface area (TPSA) is 50.2 Å². The van der Waals surface area contributed by atoms with Crippen molar-refractivity contribution < 1.29 is 9.53 Å². The normalized spacial score (nSPS) is 11.1. The Morgan fingerprint density at radius 3 is 2.53 bits per heavy atom. The third-order valence-corrected chi connectivity index (χ3v) is 2.47. The standard InChI is InChI=1S/C12H23NO2/c1-4-12(2,3)15-11(14)9-7-5-6-8-10-13/h10,13H,4-9H2,1-3H3. The molecule has 88 valence electrons. The van der Waals surface area contributed by atoms with Crippen molar-refractivity contribution in [3.63, 3.8) is 0 Å². The van der Waals surface area contributed by atoms with E-state index in [0.29, 0.717) is 6.42 Å². The molecule has 0 aliphatic carbocycles. The number of ether oxygens (including phenoxy) is 1. The van der Waals surface area contributed by atoms with Crippen LogP contribution in [0.2, 0.25) is 0 Å². The highest BCUT2D eigenvalue weighted by molar-refractivity contribution is 5.69. The molecule has 3 heteroatoms. The first-order valence-electron chi connectivity index (χ1n) is 5.72. The van der Waals surface area contributed by atoms with E-state index in [9.17, 15) is 4.79 Å². The Balaban J connectivity index is 3.53. The first kappa shape index (κ1) is 14.1. The van der Waals surface area contributed by atoms with Crippen LogP contribution in [0.25, 0.3) is 0 Å². The summed E-state index contributed by atoms with van der Waals surface area (Å²) in [4.78, 5) is 11.4. The van der Waals surface area contributed by atoms with Gasteiger partial charge in [0, 0.05) is 6.42 Å². The van der Waals surface area contributed by atoms with E-state index in [1.54, 1.807) is 0 Å². The third-order valence-electron chi connectivity index (χ3n) is 2.47. The van der Waals surface area contributed by atoms with Crippen LogP contribution in [0.15, 0.2) is 0 Å². The van der Waals surface area contributed by atoms with E-state index in [4.69, 9.17) is 10.1 Å². The molecule has 0 bridgehead atoms. The molecule has 0 aliphatic rings. The second-order valence-electron chi connectivity index (χ2n) is 4.39. The maximum absolute atomic E-state index is 11.4. The molecule has 0 rings (SSSR count). The van der Waals surface area contributed by atoms with E-state index in [1.165, 1.54) is 6.21 Å². The molecule has 0 unspecified atom stereocenters. The highest BCUT2D eigenvalue weighted by Gasteiger charge is 2.19. The van der Waals surface area contributed by atoms with Gasteiger partial charge in [0.2, 0.25) is 0 Å². The zero-order valence-corrected chi connectivity index (χ0v) is 10.1. The summed E-state index contributed by atoms with van der Waals surface area (Å²) in [6.07, 6.45) is 6.43. The summed E-state index contributed by atoms with van der Waals surface area (Å²) in [5, 5.41) is 6.85. The highest BCUT2D eigenvalue weighted by Crippen LogP contribution is 2.15. The number of carbonyl (C=O) groups is 1. The van der Waals surface area contributed by atoms with Crippen LogP contribution in [0.5, 0.6) is 0 Å². The van der Waals surface area contributed by atoms with Gasteiger partial charge in [-0.15, -0.1) is 0 Å². The Kier molecular flexibility index (Phi) is 7.01. The van der Waals surface area contributed by atoms with Gasteiger partial charge in [-0.1, -0.05) is 13.3 Å². The number of unbranched alkanes of at least 4 members (excludes halogenated alkanes) is 3. The molecule has 0 amide bonds. The molecule has 0 saturated carbocycles. The van der Waals surface area contributed by atoms with Gasteiger partial charge in [-0.05, 0) is 45.7 Å². The number of hydrogen-bond donors (Lipinski definition) is 1. The van der Waals surface area contributed by atoms with Crippen LogP contribution in [0, 0.1) is 5.41 Å². The van der Waals surface area contributed by atoms with Crippen LogP contribution in [-0.2, 0) is 9.53 Å². The van der Waals surface area contributed by atoms with Gasteiger partial charge in [-0.3, -0.25) is 4.79 Å². The summed E-state index contributed by atoms with van der Waals surface area (Å²) in [5.41, 5.74) is -0.327. The maximum Gasteiger partial charge on any atom is 0.306 e. The van der Waals surface area contributed by atoms with Gasteiger partial charge in [0.15, 0.2) is 0 Å². The van der Waals surface area contributed by atoms with E-state index in [1.807, 2.05) is 20.8 Å². The van der Waals surface area contributed by atoms with Gasteiger partial charge in [0.05, 0.1) is 0 Å². The van der Waals surface area contributed by atoms with Gasteiger partial charge in [-0.2, -0.15) is 0 Å². The van der Waals surface area contributed by atoms with E-state index < -0.39 is 0 Å². The average molecular weight is 213 g/mol. The van der Waals surface area contributed by atoms with Crippen molar-refractivity contribution in [2.45, 2.75) is 64.9 Å². The molecule has 1 N–H and O–H groups in total. The Bertz CT molecular complexity index is 200. The molecule has 0 aromatic carbocycles. The number of rotatable bonds is 8. The quantitative estimate of drug-likeness (QED) is 0.382. The highest BCUT2D eigenvalue weighted by atomic mass is 16.6. The fourth-order valence-electron chi connectivity index (χ4n) is 1.12. The molecule has 0 radical (unpaired) electrons. The Labute approximate surface area is 92.7 Å². The average Bonchev–Trinajstić information content (AvgIpc) is 2.17. The second-order valence-corrected chi connectivity index (χ2v) is 4.39. The molecular formula is C12H23NO2. The van der Waals surface area contributed by atoms with Crippen molar-refractivity contribution in [1.29, 1.82) is 5.41 Å². The van der Waals surface area contributed by atoms with E-state index in [0.717, 1.165) is 32.1 Å². The van der Waals surface area contributed by atoms with Crippen molar-refractivity contribution in [3.8, 4) is 0 Å². The SMILES string of the molecule is CCC(C)(C)OC(=O)CCCCCC=N. The second kappa shape index (κ2) is 7.43. The zero-order chi connectivity index (χ0) is 11.7. The lowest BCUT2D eigenvalue weighted by atomic mass is 10.1. The first-order valence-corrected chi connectivity index (χ1v) is 5.72. The summed E-state index contributed by atoms with van der Waals surface area (Å²) in [7, 11) is 0. The lowest BCUT2D eigenvalue weighted by Crippen LogP contribution is -2.26. The van der Waals surface area contributed by atoms with Crippen LogP contribution < -0.4 is 0 Å². The van der Waals surface area contributed by atoms with E-state index >= 15 is 0 Å². The summed E-state index contributed by atoms with van der Waals surface area (Å²) in [6.45, 7) is 5.87. The minimum absolute atomic E-state index is 0.100. The van der Waals surface area contributed by atoms with Crippen LogP contribution in [0.4, 0.5) is 0 Å². The zero-order valence-electron chi connectivity index (χ0n) is 10.1. The summed E-state index contributed by atoms with van der Waals surface area (Å²) < 4.78 is 5.31. The smallest absolute Gasteiger partial charge is 0.306 e. The number of carbonyl (C=O) groups excluding carboxylic acids is 1. The minimum atomic E-state index is -0.327. The van der Waals surface area contributed by atoms with Gasteiger partial charge in [-0.25, -0.2) is 0 Å². The van der Waals surface area contributed by atoms with Crippen LogP contribution in [0.3, 0.4) is 0 Å². The van der Waals surface area contributed by atoms with Crippen molar-refractivity contribution in [1.82, 2.24) is 0 Å². The molecule has 0 spiro atoms. The lowest BCUT2D eigenvalue weighted by molar-refractivity contribution is -0.156. The largest absolute Gasteiger partial charge is 0.460 e. The monoisotopic (exact) mass is 213 g/mol. The molecule has 0 aromatic rings. The maximum atomic E-state index is 11.4. The van der Waals surface area contributed by atoms with Gasteiger partial charge >= 0.3 is 5.97 Å². The molecule has 3 nitrogen and oxygen atoms in total. The molecule has 0 fully saturated rings. The predicted octanol–water partition coefficient (Wildman–Crippen LogP) is 3.32. The van der Waals surface area contributed by atoms with E-state index in [-0.39, 0.29) is 11.6 Å². The first-order chi connectivity index (χ1) is 7.02.